The van der Waals surface area contributed by atoms with Crippen molar-refractivity contribution in [1.29, 1.82) is 0 Å². The van der Waals surface area contributed by atoms with E-state index in [9.17, 15) is 4.79 Å². The summed E-state index contributed by atoms with van der Waals surface area (Å²) in [5.41, 5.74) is 2.64. The van der Waals surface area contributed by atoms with Crippen molar-refractivity contribution in [3.05, 3.63) is 59.7 Å². The van der Waals surface area contributed by atoms with Crippen LogP contribution in [0.2, 0.25) is 0 Å². The van der Waals surface area contributed by atoms with E-state index in [0.717, 1.165) is 17.9 Å². The molecule has 0 aromatic heterocycles. The SMILES string of the molecule is CCc1cccc(NC(=O)c2ccc(OC(C)C)cc2)c1. The van der Waals surface area contributed by atoms with Crippen molar-refractivity contribution in [2.75, 3.05) is 5.32 Å². The molecule has 0 aliphatic rings. The minimum atomic E-state index is -0.112. The Morgan fingerprint density at radius 2 is 1.86 bits per heavy atom. The largest absolute Gasteiger partial charge is 0.491 e. The fourth-order valence-electron chi connectivity index (χ4n) is 2.03. The summed E-state index contributed by atoms with van der Waals surface area (Å²) in [6.07, 6.45) is 1.08. The van der Waals surface area contributed by atoms with Crippen LogP contribution in [0.3, 0.4) is 0 Å². The van der Waals surface area contributed by atoms with Crippen LogP contribution in [-0.2, 0) is 6.42 Å². The van der Waals surface area contributed by atoms with Gasteiger partial charge in [0.2, 0.25) is 0 Å². The van der Waals surface area contributed by atoms with Gasteiger partial charge in [-0.3, -0.25) is 4.79 Å². The summed E-state index contributed by atoms with van der Waals surface area (Å²) >= 11 is 0. The minimum Gasteiger partial charge on any atom is -0.491 e. The smallest absolute Gasteiger partial charge is 0.255 e. The van der Waals surface area contributed by atoms with Crippen molar-refractivity contribution >= 4 is 11.6 Å². The summed E-state index contributed by atoms with van der Waals surface area (Å²) < 4.78 is 5.57. The van der Waals surface area contributed by atoms with E-state index in [4.69, 9.17) is 4.74 Å². The van der Waals surface area contributed by atoms with Gasteiger partial charge < -0.3 is 10.1 Å². The van der Waals surface area contributed by atoms with Gasteiger partial charge in [0.25, 0.3) is 5.91 Å². The number of ether oxygens (including phenoxy) is 1. The maximum Gasteiger partial charge on any atom is 0.255 e. The van der Waals surface area contributed by atoms with Crippen LogP contribution in [0.4, 0.5) is 5.69 Å². The third-order valence-corrected chi connectivity index (χ3v) is 3.08. The molecule has 0 fully saturated rings. The first-order valence-corrected chi connectivity index (χ1v) is 7.25. The number of nitrogens with one attached hydrogen (secondary N) is 1. The van der Waals surface area contributed by atoms with Crippen molar-refractivity contribution in [3.8, 4) is 5.75 Å². The van der Waals surface area contributed by atoms with Crippen molar-refractivity contribution in [3.63, 3.8) is 0 Å². The Morgan fingerprint density at radius 1 is 1.14 bits per heavy atom. The number of anilines is 1. The van der Waals surface area contributed by atoms with E-state index in [0.29, 0.717) is 5.56 Å². The number of carbonyl (C=O) groups is 1. The third kappa shape index (κ3) is 4.35. The summed E-state index contributed by atoms with van der Waals surface area (Å²) in [4.78, 5) is 12.2. The van der Waals surface area contributed by atoms with Crippen molar-refractivity contribution < 1.29 is 9.53 Å². The van der Waals surface area contributed by atoms with Crippen LogP contribution in [0.25, 0.3) is 0 Å². The number of amides is 1. The molecule has 3 nitrogen and oxygen atoms in total. The zero-order valence-electron chi connectivity index (χ0n) is 12.7. The molecule has 3 heteroatoms. The van der Waals surface area contributed by atoms with Crippen LogP contribution >= 0.6 is 0 Å². The molecule has 0 aliphatic heterocycles. The molecule has 1 N–H and O–H groups in total. The lowest BCUT2D eigenvalue weighted by Gasteiger charge is -2.10. The van der Waals surface area contributed by atoms with Crippen LogP contribution in [0, 0.1) is 0 Å². The molecule has 2 rings (SSSR count). The van der Waals surface area contributed by atoms with Crippen LogP contribution in [0.1, 0.15) is 36.7 Å². The van der Waals surface area contributed by atoms with Gasteiger partial charge in [-0.15, -0.1) is 0 Å². The topological polar surface area (TPSA) is 38.3 Å². The van der Waals surface area contributed by atoms with E-state index in [2.05, 4.69) is 12.2 Å². The van der Waals surface area contributed by atoms with E-state index in [1.807, 2.05) is 50.2 Å². The summed E-state index contributed by atoms with van der Waals surface area (Å²) in [6.45, 7) is 6.04. The molecule has 21 heavy (non-hydrogen) atoms. The van der Waals surface area contributed by atoms with Crippen molar-refractivity contribution in [2.45, 2.75) is 33.3 Å². The molecule has 0 unspecified atom stereocenters. The third-order valence-electron chi connectivity index (χ3n) is 3.08. The highest BCUT2D eigenvalue weighted by Crippen LogP contribution is 2.16. The van der Waals surface area contributed by atoms with Gasteiger partial charge in [0.1, 0.15) is 5.75 Å². The van der Waals surface area contributed by atoms with Gasteiger partial charge in [0.15, 0.2) is 0 Å². The predicted molar refractivity (Wildman–Crippen MR) is 86.0 cm³/mol. The summed E-state index contributed by atoms with van der Waals surface area (Å²) in [6, 6.07) is 15.1. The van der Waals surface area contributed by atoms with Gasteiger partial charge in [0.05, 0.1) is 6.10 Å². The van der Waals surface area contributed by atoms with Gasteiger partial charge in [-0.25, -0.2) is 0 Å². The lowest BCUT2D eigenvalue weighted by molar-refractivity contribution is 0.102. The normalized spacial score (nSPS) is 10.5. The monoisotopic (exact) mass is 283 g/mol. The number of rotatable bonds is 5. The van der Waals surface area contributed by atoms with Crippen molar-refractivity contribution in [2.24, 2.45) is 0 Å². The Bertz CT molecular complexity index is 603. The molecule has 1 amide bonds. The predicted octanol–water partition coefficient (Wildman–Crippen LogP) is 4.29. The van der Waals surface area contributed by atoms with Crippen LogP contribution in [0.5, 0.6) is 5.75 Å². The second-order valence-electron chi connectivity index (χ2n) is 5.20. The molecular weight excluding hydrogens is 262 g/mol. The Labute approximate surface area is 126 Å². The number of hydrogen-bond acceptors (Lipinski definition) is 2. The molecular formula is C18H21NO2. The van der Waals surface area contributed by atoms with E-state index in [1.54, 1.807) is 12.1 Å². The van der Waals surface area contributed by atoms with E-state index in [-0.39, 0.29) is 12.0 Å². The van der Waals surface area contributed by atoms with Crippen molar-refractivity contribution in [1.82, 2.24) is 0 Å². The standard InChI is InChI=1S/C18H21NO2/c1-4-14-6-5-7-16(12-14)19-18(20)15-8-10-17(11-9-15)21-13(2)3/h5-13H,4H2,1-3H3,(H,19,20). The zero-order chi connectivity index (χ0) is 15.2. The Hall–Kier alpha value is -2.29. The number of aryl methyl sites for hydroxylation is 1. The van der Waals surface area contributed by atoms with Gasteiger partial charge >= 0.3 is 0 Å². The summed E-state index contributed by atoms with van der Waals surface area (Å²) in [5, 5.41) is 2.91. The molecule has 0 heterocycles. The molecule has 0 bridgehead atoms. The lowest BCUT2D eigenvalue weighted by atomic mass is 10.1. The summed E-state index contributed by atoms with van der Waals surface area (Å²) in [7, 11) is 0. The highest BCUT2D eigenvalue weighted by Gasteiger charge is 2.07. The molecule has 0 spiro atoms. The molecule has 0 saturated heterocycles. The van der Waals surface area contributed by atoms with Gasteiger partial charge in [-0.2, -0.15) is 0 Å². The minimum absolute atomic E-state index is 0.112. The second-order valence-corrected chi connectivity index (χ2v) is 5.20. The number of benzene rings is 2. The Morgan fingerprint density at radius 3 is 2.48 bits per heavy atom. The molecule has 2 aromatic carbocycles. The fraction of sp³-hybridized carbons (Fsp3) is 0.278. The van der Waals surface area contributed by atoms with Gasteiger partial charge in [0, 0.05) is 11.3 Å². The zero-order valence-corrected chi connectivity index (χ0v) is 12.7. The number of carbonyl (C=O) groups excluding carboxylic acids is 1. The van der Waals surface area contributed by atoms with Crippen LogP contribution in [-0.4, -0.2) is 12.0 Å². The fourth-order valence-corrected chi connectivity index (χ4v) is 2.03. The van der Waals surface area contributed by atoms with Gasteiger partial charge in [-0.1, -0.05) is 19.1 Å². The first kappa shape index (κ1) is 15.1. The molecule has 2 aromatic rings. The second kappa shape index (κ2) is 6.93. The lowest BCUT2D eigenvalue weighted by Crippen LogP contribution is -2.12. The van der Waals surface area contributed by atoms with E-state index >= 15 is 0 Å². The van der Waals surface area contributed by atoms with E-state index in [1.165, 1.54) is 5.56 Å². The Balaban J connectivity index is 2.05. The molecule has 0 saturated carbocycles. The molecule has 110 valence electrons. The Kier molecular flexibility index (Phi) is 4.99. The highest BCUT2D eigenvalue weighted by atomic mass is 16.5. The number of hydrogen-bond donors (Lipinski definition) is 1. The molecule has 0 radical (unpaired) electrons. The first-order valence-electron chi connectivity index (χ1n) is 7.25. The maximum atomic E-state index is 12.2. The molecule has 0 atom stereocenters. The quantitative estimate of drug-likeness (QED) is 0.889. The average Bonchev–Trinajstić information content (AvgIpc) is 2.47. The molecule has 0 aliphatic carbocycles. The van der Waals surface area contributed by atoms with Crippen LogP contribution in [0.15, 0.2) is 48.5 Å². The van der Waals surface area contributed by atoms with Crippen LogP contribution < -0.4 is 10.1 Å². The first-order chi connectivity index (χ1) is 10.1. The maximum absolute atomic E-state index is 12.2. The highest BCUT2D eigenvalue weighted by molar-refractivity contribution is 6.04. The summed E-state index contributed by atoms with van der Waals surface area (Å²) in [5.74, 6) is 0.661. The van der Waals surface area contributed by atoms with Gasteiger partial charge in [-0.05, 0) is 62.2 Å². The van der Waals surface area contributed by atoms with E-state index < -0.39 is 0 Å². The average molecular weight is 283 g/mol.